The number of hydrogen-bond acceptors (Lipinski definition) is 10. The molecule has 2 aliphatic heterocycles. The smallest absolute Gasteiger partial charge is 0.416 e. The Morgan fingerprint density at radius 2 is 1.92 bits per heavy atom. The van der Waals surface area contributed by atoms with Gasteiger partial charge in [-0.2, -0.15) is 22.7 Å². The number of aromatic hydroxyl groups is 1. The van der Waals surface area contributed by atoms with Gasteiger partial charge in [-0.1, -0.05) is 13.0 Å². The Labute approximate surface area is 270 Å². The van der Waals surface area contributed by atoms with Crippen molar-refractivity contribution in [3.05, 3.63) is 75.3 Å². The third-order valence-corrected chi connectivity index (χ3v) is 8.67. The van der Waals surface area contributed by atoms with Crippen molar-refractivity contribution in [2.45, 2.75) is 39.4 Å². The van der Waals surface area contributed by atoms with Crippen molar-refractivity contribution in [3.8, 4) is 5.75 Å². The number of amides is 1. The fraction of sp³-hybridized carbons (Fsp3) is 0.387. The van der Waals surface area contributed by atoms with Crippen LogP contribution in [0, 0.1) is 6.92 Å². The summed E-state index contributed by atoms with van der Waals surface area (Å²) >= 11 is 0. The first kappa shape index (κ1) is 31.3. The van der Waals surface area contributed by atoms with Crippen molar-refractivity contribution in [2.75, 3.05) is 44.3 Å². The highest BCUT2D eigenvalue weighted by Gasteiger charge is 2.32. The number of benzene rings is 1. The molecule has 2 aliphatic rings. The maximum absolute atomic E-state index is 14.2. The van der Waals surface area contributed by atoms with Crippen LogP contribution in [-0.2, 0) is 23.9 Å². The van der Waals surface area contributed by atoms with E-state index in [-0.39, 0.29) is 47.9 Å². The number of halogens is 3. The van der Waals surface area contributed by atoms with Gasteiger partial charge in [0.15, 0.2) is 17.3 Å². The van der Waals surface area contributed by atoms with Crippen LogP contribution in [0.1, 0.15) is 52.4 Å². The predicted octanol–water partition coefficient (Wildman–Crippen LogP) is 2.97. The molecule has 1 fully saturated rings. The van der Waals surface area contributed by atoms with Crippen molar-refractivity contribution in [1.82, 2.24) is 44.0 Å². The summed E-state index contributed by atoms with van der Waals surface area (Å²) in [5.74, 6) is 0.320. The fourth-order valence-corrected chi connectivity index (χ4v) is 6.17. The van der Waals surface area contributed by atoms with Gasteiger partial charge in [-0.3, -0.25) is 9.59 Å². The number of nitrogens with one attached hydrogen (secondary N) is 1. The molecular formula is C31H31F3N10O4. The highest BCUT2D eigenvalue weighted by Crippen LogP contribution is 2.31. The molecule has 1 aromatic carbocycles. The number of carbonyl (C=O) groups is 1. The number of anilines is 1. The Morgan fingerprint density at radius 3 is 2.62 bits per heavy atom. The lowest BCUT2D eigenvalue weighted by molar-refractivity contribution is -0.137. The van der Waals surface area contributed by atoms with Gasteiger partial charge in [-0.05, 0) is 43.5 Å². The predicted molar refractivity (Wildman–Crippen MR) is 167 cm³/mol. The van der Waals surface area contributed by atoms with Crippen molar-refractivity contribution in [3.63, 3.8) is 0 Å². The molecule has 0 radical (unpaired) electrons. The number of carbonyl (C=O) groups excluding carboxylic acids is 1. The average molecular weight is 665 g/mol. The highest BCUT2D eigenvalue weighted by molar-refractivity contribution is 5.95. The quantitative estimate of drug-likeness (QED) is 0.276. The third-order valence-electron chi connectivity index (χ3n) is 8.67. The van der Waals surface area contributed by atoms with E-state index in [1.165, 1.54) is 16.9 Å². The molecule has 0 atom stereocenters. The summed E-state index contributed by atoms with van der Waals surface area (Å²) in [6, 6.07) is 3.33. The number of H-pyrrole nitrogens is 1. The van der Waals surface area contributed by atoms with Gasteiger partial charge in [-0.25, -0.2) is 15.0 Å². The van der Waals surface area contributed by atoms with Crippen molar-refractivity contribution in [2.24, 2.45) is 0 Å². The normalized spacial score (nSPS) is 15.8. The SMILES string of the molecule is CCc1c(N2CCN(C(=O)c3ncnc(C)c3O)CC2)c(=O)n2nc(C3=CCOCC3)nc2n1Cc1nc2ccc(C(F)(F)F)cc2[nH]1. The maximum atomic E-state index is 14.2. The number of hydrogen-bond donors (Lipinski definition) is 2. The van der Waals surface area contributed by atoms with E-state index in [1.807, 2.05) is 22.5 Å². The van der Waals surface area contributed by atoms with Gasteiger partial charge in [0.05, 0.1) is 47.7 Å². The summed E-state index contributed by atoms with van der Waals surface area (Å²) in [6.07, 6.45) is -0.427. The topological polar surface area (TPSA) is 160 Å². The molecule has 4 aromatic heterocycles. The molecule has 7 rings (SSSR count). The number of aryl methyl sites for hydroxylation is 1. The first-order valence-corrected chi connectivity index (χ1v) is 15.4. The summed E-state index contributed by atoms with van der Waals surface area (Å²) < 4.78 is 48.7. The maximum Gasteiger partial charge on any atom is 0.416 e. The van der Waals surface area contributed by atoms with E-state index < -0.39 is 17.6 Å². The van der Waals surface area contributed by atoms with Gasteiger partial charge < -0.3 is 29.2 Å². The first-order valence-electron chi connectivity index (χ1n) is 15.4. The van der Waals surface area contributed by atoms with E-state index >= 15 is 0 Å². The Balaban J connectivity index is 1.28. The molecule has 1 amide bonds. The molecule has 0 aliphatic carbocycles. The van der Waals surface area contributed by atoms with Crippen LogP contribution in [0.3, 0.4) is 0 Å². The minimum Gasteiger partial charge on any atom is -0.504 e. The second-order valence-electron chi connectivity index (χ2n) is 11.6. The summed E-state index contributed by atoms with van der Waals surface area (Å²) in [7, 11) is 0. The Morgan fingerprint density at radius 1 is 1.12 bits per heavy atom. The minimum absolute atomic E-state index is 0.0705. The van der Waals surface area contributed by atoms with Gasteiger partial charge >= 0.3 is 6.18 Å². The number of ether oxygens (including phenoxy) is 1. The number of alkyl halides is 3. The van der Waals surface area contributed by atoms with Crippen LogP contribution >= 0.6 is 0 Å². The van der Waals surface area contributed by atoms with Gasteiger partial charge in [0, 0.05) is 26.2 Å². The van der Waals surface area contributed by atoms with Crippen LogP contribution in [0.5, 0.6) is 5.75 Å². The van der Waals surface area contributed by atoms with E-state index in [9.17, 15) is 27.9 Å². The fourth-order valence-electron chi connectivity index (χ4n) is 6.17. The van der Waals surface area contributed by atoms with Crippen LogP contribution in [0.4, 0.5) is 18.9 Å². The molecule has 0 bridgehead atoms. The molecular weight excluding hydrogens is 633 g/mol. The van der Waals surface area contributed by atoms with E-state index in [2.05, 4.69) is 25.0 Å². The van der Waals surface area contributed by atoms with Gasteiger partial charge in [-0.15, -0.1) is 5.10 Å². The zero-order valence-corrected chi connectivity index (χ0v) is 26.1. The second-order valence-corrected chi connectivity index (χ2v) is 11.6. The minimum atomic E-state index is -4.51. The van der Waals surface area contributed by atoms with Crippen LogP contribution in [-0.4, -0.2) is 94.4 Å². The van der Waals surface area contributed by atoms with Crippen molar-refractivity contribution < 1.29 is 27.8 Å². The van der Waals surface area contributed by atoms with E-state index in [0.717, 1.165) is 17.7 Å². The van der Waals surface area contributed by atoms with E-state index in [0.29, 0.717) is 73.4 Å². The summed E-state index contributed by atoms with van der Waals surface area (Å²) in [5.41, 5.74) is 1.49. The zero-order chi connectivity index (χ0) is 33.7. The van der Waals surface area contributed by atoms with Crippen LogP contribution in [0.15, 0.2) is 35.4 Å². The lowest BCUT2D eigenvalue weighted by Gasteiger charge is -2.36. The van der Waals surface area contributed by atoms with E-state index in [4.69, 9.17) is 9.72 Å². The van der Waals surface area contributed by atoms with Crippen LogP contribution < -0.4 is 10.5 Å². The molecule has 48 heavy (non-hydrogen) atoms. The second kappa shape index (κ2) is 12.0. The number of nitrogens with zero attached hydrogens (tertiary/aromatic N) is 9. The molecule has 6 heterocycles. The van der Waals surface area contributed by atoms with Crippen molar-refractivity contribution in [1.29, 1.82) is 0 Å². The lowest BCUT2D eigenvalue weighted by Crippen LogP contribution is -2.51. The number of rotatable bonds is 6. The van der Waals surface area contributed by atoms with Gasteiger partial charge in [0.25, 0.3) is 11.5 Å². The number of imidazole rings is 1. The van der Waals surface area contributed by atoms with Crippen LogP contribution in [0.25, 0.3) is 22.4 Å². The molecule has 0 unspecified atom stereocenters. The molecule has 0 spiro atoms. The summed E-state index contributed by atoms with van der Waals surface area (Å²) in [6.45, 7) is 5.56. The lowest BCUT2D eigenvalue weighted by atomic mass is 10.1. The Kier molecular flexibility index (Phi) is 7.85. The molecule has 250 valence electrons. The van der Waals surface area contributed by atoms with Gasteiger partial charge in [0.1, 0.15) is 17.8 Å². The van der Waals surface area contributed by atoms with E-state index in [1.54, 1.807) is 11.8 Å². The number of aromatic amines is 1. The number of fused-ring (bicyclic) bond motifs is 2. The van der Waals surface area contributed by atoms with Gasteiger partial charge in [0.2, 0.25) is 5.78 Å². The highest BCUT2D eigenvalue weighted by atomic mass is 19.4. The first-order chi connectivity index (χ1) is 23.0. The molecule has 1 saturated heterocycles. The largest absolute Gasteiger partial charge is 0.504 e. The van der Waals surface area contributed by atoms with Crippen LogP contribution in [0.2, 0.25) is 0 Å². The van der Waals surface area contributed by atoms with Crippen molar-refractivity contribution >= 4 is 34.0 Å². The molecule has 14 nitrogen and oxygen atoms in total. The average Bonchev–Trinajstić information content (AvgIpc) is 3.71. The molecule has 2 N–H and O–H groups in total. The monoisotopic (exact) mass is 664 g/mol. The summed E-state index contributed by atoms with van der Waals surface area (Å²) in [4.78, 5) is 51.1. The Hall–Kier alpha value is -5.32. The summed E-state index contributed by atoms with van der Waals surface area (Å²) in [5, 5.41) is 15.0. The Bertz CT molecular complexity index is 2140. The number of aromatic nitrogens is 8. The third kappa shape index (κ3) is 5.52. The zero-order valence-electron chi connectivity index (χ0n) is 26.1. The number of piperazine rings is 1. The standard InChI is InChI=1S/C31H31F3N10O4/c1-3-22-25(41-8-10-42(11-9-41)28(46)24-26(45)17(2)35-16-36-24)29(47)44-30(39-27(40-44)18-6-12-48-13-7-18)43(22)15-23-37-20-5-4-19(31(32,33)34)14-21(20)38-23/h4-6,14,16,45H,3,7-13,15H2,1-2H3,(H,37,38). The molecule has 5 aromatic rings. The molecule has 17 heteroatoms. The molecule has 0 saturated carbocycles.